The molecule has 1 atom stereocenters. The van der Waals surface area contributed by atoms with Crippen molar-refractivity contribution in [2.24, 2.45) is 0 Å². The molecule has 1 N–H and O–H groups in total. The van der Waals surface area contributed by atoms with Crippen LogP contribution in [-0.2, 0) is 14.6 Å². The molecule has 1 aromatic carbocycles. The Kier molecular flexibility index (Phi) is 4.75. The molecule has 0 spiro atoms. The third kappa shape index (κ3) is 3.31. The van der Waals surface area contributed by atoms with Crippen molar-refractivity contribution in [2.45, 2.75) is 37.1 Å². The Morgan fingerprint density at radius 1 is 1.23 bits per heavy atom. The summed E-state index contributed by atoms with van der Waals surface area (Å²) < 4.78 is 23.6. The van der Waals surface area contributed by atoms with E-state index in [0.29, 0.717) is 29.8 Å². The summed E-state index contributed by atoms with van der Waals surface area (Å²) >= 11 is 0. The van der Waals surface area contributed by atoms with E-state index in [4.69, 9.17) is 0 Å². The van der Waals surface area contributed by atoms with Crippen LogP contribution in [0.4, 0.5) is 0 Å². The van der Waals surface area contributed by atoms with Crippen molar-refractivity contribution in [3.05, 3.63) is 52.7 Å². The van der Waals surface area contributed by atoms with E-state index in [-0.39, 0.29) is 10.7 Å². The SMILES string of the molecule is CC1=CC2=C(C(=O)O)CCCCN2C1C(=O)c1cccc(S(C)(=O)=O)c1. The number of carboxylic acids is 1. The van der Waals surface area contributed by atoms with Crippen LogP contribution in [0.3, 0.4) is 0 Å². The molecule has 0 aromatic heterocycles. The standard InChI is InChI=1S/C19H21NO5S/c1-12-10-16-15(19(22)23)8-3-4-9-20(16)17(12)18(21)13-6-5-7-14(11-13)26(2,24)25/h5-7,10-11,17H,3-4,8-9H2,1-2H3,(H,22,23). The van der Waals surface area contributed by atoms with Gasteiger partial charge < -0.3 is 10.0 Å². The van der Waals surface area contributed by atoms with Gasteiger partial charge in [-0.15, -0.1) is 0 Å². The van der Waals surface area contributed by atoms with Gasteiger partial charge in [0, 0.05) is 24.1 Å². The van der Waals surface area contributed by atoms with E-state index in [1.54, 1.807) is 18.2 Å². The fourth-order valence-corrected chi connectivity index (χ4v) is 4.25. The number of benzene rings is 1. The predicted molar refractivity (Wildman–Crippen MR) is 96.6 cm³/mol. The molecule has 0 saturated carbocycles. The minimum absolute atomic E-state index is 0.0980. The largest absolute Gasteiger partial charge is 0.478 e. The van der Waals surface area contributed by atoms with E-state index in [1.165, 1.54) is 12.1 Å². The van der Waals surface area contributed by atoms with E-state index >= 15 is 0 Å². The summed E-state index contributed by atoms with van der Waals surface area (Å²) in [5.74, 6) is -1.17. The van der Waals surface area contributed by atoms with Crippen LogP contribution in [0.1, 0.15) is 36.5 Å². The first-order valence-corrected chi connectivity index (χ1v) is 10.3. The number of nitrogens with zero attached hydrogens (tertiary/aromatic N) is 1. The van der Waals surface area contributed by atoms with Crippen molar-refractivity contribution >= 4 is 21.6 Å². The molecule has 2 aliphatic heterocycles. The minimum atomic E-state index is -3.41. The maximum Gasteiger partial charge on any atom is 0.333 e. The second-order valence-electron chi connectivity index (χ2n) is 6.77. The lowest BCUT2D eigenvalue weighted by molar-refractivity contribution is -0.132. The van der Waals surface area contributed by atoms with Crippen LogP contribution in [0.5, 0.6) is 0 Å². The highest BCUT2D eigenvalue weighted by molar-refractivity contribution is 7.90. The highest BCUT2D eigenvalue weighted by Crippen LogP contribution is 2.35. The van der Waals surface area contributed by atoms with Crippen LogP contribution in [0.25, 0.3) is 0 Å². The number of carbonyl (C=O) groups excluding carboxylic acids is 1. The highest BCUT2D eigenvalue weighted by atomic mass is 32.2. The average Bonchev–Trinajstić information content (AvgIpc) is 2.75. The lowest BCUT2D eigenvalue weighted by Gasteiger charge is -2.28. The van der Waals surface area contributed by atoms with Gasteiger partial charge in [0.2, 0.25) is 0 Å². The average molecular weight is 375 g/mol. The Balaban J connectivity index is 2.02. The number of ketones is 1. The number of hydrogen-bond donors (Lipinski definition) is 1. The third-order valence-corrected chi connectivity index (χ3v) is 5.97. The van der Waals surface area contributed by atoms with E-state index in [2.05, 4.69) is 0 Å². The van der Waals surface area contributed by atoms with Crippen molar-refractivity contribution in [3.63, 3.8) is 0 Å². The molecule has 2 heterocycles. The van der Waals surface area contributed by atoms with Crippen LogP contribution in [0, 0.1) is 0 Å². The van der Waals surface area contributed by atoms with Crippen LogP contribution in [0.2, 0.25) is 0 Å². The van der Waals surface area contributed by atoms with Gasteiger partial charge in [-0.1, -0.05) is 12.1 Å². The summed E-state index contributed by atoms with van der Waals surface area (Å²) in [6, 6.07) is 5.42. The molecule has 7 heteroatoms. The molecule has 0 fully saturated rings. The minimum Gasteiger partial charge on any atom is -0.478 e. The molecule has 2 aliphatic rings. The zero-order valence-electron chi connectivity index (χ0n) is 14.7. The zero-order valence-corrected chi connectivity index (χ0v) is 15.5. The Morgan fingerprint density at radius 3 is 2.62 bits per heavy atom. The van der Waals surface area contributed by atoms with Gasteiger partial charge in [-0.3, -0.25) is 4.79 Å². The molecular formula is C19H21NO5S. The highest BCUT2D eigenvalue weighted by Gasteiger charge is 2.37. The van der Waals surface area contributed by atoms with Gasteiger partial charge in [0.15, 0.2) is 15.6 Å². The fourth-order valence-electron chi connectivity index (χ4n) is 3.59. The first-order chi connectivity index (χ1) is 12.2. The quantitative estimate of drug-likeness (QED) is 0.813. The Bertz CT molecular complexity index is 942. The van der Waals surface area contributed by atoms with Crippen molar-refractivity contribution < 1.29 is 23.1 Å². The van der Waals surface area contributed by atoms with Crippen molar-refractivity contribution in [1.82, 2.24) is 4.90 Å². The Morgan fingerprint density at radius 2 is 1.96 bits per heavy atom. The van der Waals surface area contributed by atoms with Gasteiger partial charge in [-0.05, 0) is 50.0 Å². The van der Waals surface area contributed by atoms with E-state index in [9.17, 15) is 23.1 Å². The number of rotatable bonds is 4. The molecule has 0 bridgehead atoms. The number of sulfone groups is 1. The van der Waals surface area contributed by atoms with Crippen molar-refractivity contribution in [3.8, 4) is 0 Å². The topological polar surface area (TPSA) is 91.8 Å². The van der Waals surface area contributed by atoms with Crippen LogP contribution >= 0.6 is 0 Å². The molecule has 0 aliphatic carbocycles. The van der Waals surface area contributed by atoms with Gasteiger partial charge >= 0.3 is 5.97 Å². The van der Waals surface area contributed by atoms with Gasteiger partial charge in [0.1, 0.15) is 6.04 Å². The summed E-state index contributed by atoms with van der Waals surface area (Å²) in [7, 11) is -3.41. The van der Waals surface area contributed by atoms with Crippen LogP contribution in [-0.4, -0.2) is 49.0 Å². The maximum atomic E-state index is 13.1. The molecule has 26 heavy (non-hydrogen) atoms. The third-order valence-electron chi connectivity index (χ3n) is 4.85. The Labute approximate surface area is 152 Å². The lowest BCUT2D eigenvalue weighted by Crippen LogP contribution is -2.38. The van der Waals surface area contributed by atoms with Gasteiger partial charge in [-0.25, -0.2) is 13.2 Å². The number of aliphatic carboxylic acids is 1. The molecule has 1 unspecified atom stereocenters. The number of carboxylic acid groups (broad SMARTS) is 1. The molecular weight excluding hydrogens is 354 g/mol. The smallest absolute Gasteiger partial charge is 0.333 e. The number of carbonyl (C=O) groups is 2. The monoisotopic (exact) mass is 375 g/mol. The first-order valence-electron chi connectivity index (χ1n) is 8.46. The summed E-state index contributed by atoms with van der Waals surface area (Å²) in [4.78, 5) is 26.7. The lowest BCUT2D eigenvalue weighted by atomic mass is 9.99. The molecule has 6 nitrogen and oxygen atoms in total. The van der Waals surface area contributed by atoms with Crippen molar-refractivity contribution in [1.29, 1.82) is 0 Å². The van der Waals surface area contributed by atoms with Gasteiger partial charge in [0.05, 0.1) is 10.5 Å². The number of fused-ring (bicyclic) bond motifs is 1. The van der Waals surface area contributed by atoms with E-state index in [1.807, 2.05) is 11.8 Å². The normalized spacial score (nSPS) is 20.5. The molecule has 138 valence electrons. The Hall–Kier alpha value is -2.41. The predicted octanol–water partition coefficient (Wildman–Crippen LogP) is 2.43. The molecule has 0 saturated heterocycles. The molecule has 0 radical (unpaired) electrons. The molecule has 3 rings (SSSR count). The number of Topliss-reactive ketones (excluding diaryl/α,β-unsaturated/α-hetero) is 1. The second-order valence-corrected chi connectivity index (χ2v) is 8.79. The summed E-state index contributed by atoms with van der Waals surface area (Å²) in [6.45, 7) is 2.41. The number of allylic oxidation sites excluding steroid dienone is 1. The van der Waals surface area contributed by atoms with Crippen LogP contribution in [0.15, 0.2) is 52.1 Å². The maximum absolute atomic E-state index is 13.1. The van der Waals surface area contributed by atoms with Crippen molar-refractivity contribution in [2.75, 3.05) is 12.8 Å². The molecule has 0 amide bonds. The summed E-state index contributed by atoms with van der Waals surface area (Å²) in [6.07, 6.45) is 4.92. The van der Waals surface area contributed by atoms with E-state index in [0.717, 1.165) is 24.7 Å². The summed E-state index contributed by atoms with van der Waals surface area (Å²) in [5, 5.41) is 9.50. The first kappa shape index (κ1) is 18.4. The van der Waals surface area contributed by atoms with Crippen LogP contribution < -0.4 is 0 Å². The van der Waals surface area contributed by atoms with Gasteiger partial charge in [0.25, 0.3) is 0 Å². The number of hydrogen-bond acceptors (Lipinski definition) is 5. The van der Waals surface area contributed by atoms with E-state index < -0.39 is 21.8 Å². The summed E-state index contributed by atoms with van der Waals surface area (Å²) in [5.41, 5.74) is 2.02. The fraction of sp³-hybridized carbons (Fsp3) is 0.368. The zero-order chi connectivity index (χ0) is 19.1. The van der Waals surface area contributed by atoms with Gasteiger partial charge in [-0.2, -0.15) is 0 Å². The second kappa shape index (κ2) is 6.72. The molecule has 1 aromatic rings.